The first kappa shape index (κ1) is 19.3. The molecular weight excluding hydrogens is 394 g/mol. The zero-order valence-corrected chi connectivity index (χ0v) is 16.7. The second kappa shape index (κ2) is 8.18. The van der Waals surface area contributed by atoms with Crippen molar-refractivity contribution < 1.29 is 17.9 Å². The Labute approximate surface area is 169 Å². The second-order valence-electron chi connectivity index (χ2n) is 6.57. The molecule has 9 nitrogen and oxygen atoms in total. The molecule has 0 N–H and O–H groups in total. The van der Waals surface area contributed by atoms with Crippen molar-refractivity contribution in [2.75, 3.05) is 20.2 Å². The summed E-state index contributed by atoms with van der Waals surface area (Å²) in [6, 6.07) is 8.79. The number of ether oxygens (including phenoxy) is 2. The first-order chi connectivity index (χ1) is 14.1. The third-order valence-corrected chi connectivity index (χ3v) is 6.67. The highest BCUT2D eigenvalue weighted by molar-refractivity contribution is 7.89. The van der Waals surface area contributed by atoms with Crippen molar-refractivity contribution in [2.24, 2.45) is 0 Å². The molecule has 1 aromatic carbocycles. The van der Waals surface area contributed by atoms with E-state index in [1.165, 1.54) is 16.7 Å². The monoisotopic (exact) mass is 415 g/mol. The number of aromatic nitrogens is 4. The summed E-state index contributed by atoms with van der Waals surface area (Å²) in [6.45, 7) is 0.758. The quantitative estimate of drug-likeness (QED) is 0.606. The zero-order valence-electron chi connectivity index (χ0n) is 15.9. The molecule has 152 valence electrons. The summed E-state index contributed by atoms with van der Waals surface area (Å²) in [5.74, 6) is 0.553. The van der Waals surface area contributed by atoms with Crippen molar-refractivity contribution in [1.82, 2.24) is 24.1 Å². The van der Waals surface area contributed by atoms with Crippen molar-refractivity contribution >= 4 is 10.0 Å². The van der Waals surface area contributed by atoms with E-state index in [4.69, 9.17) is 9.47 Å². The average Bonchev–Trinajstić information content (AvgIpc) is 3.30. The number of hydrogen-bond donors (Lipinski definition) is 0. The van der Waals surface area contributed by atoms with Gasteiger partial charge in [-0.05, 0) is 43.2 Å². The van der Waals surface area contributed by atoms with Gasteiger partial charge in [0.1, 0.15) is 6.10 Å². The van der Waals surface area contributed by atoms with Crippen molar-refractivity contribution in [3.8, 4) is 17.4 Å². The molecule has 0 amide bonds. The Morgan fingerprint density at radius 3 is 2.34 bits per heavy atom. The molecule has 0 atom stereocenters. The molecule has 10 heteroatoms. The Bertz CT molecular complexity index is 1030. The van der Waals surface area contributed by atoms with Crippen LogP contribution in [0, 0.1) is 0 Å². The lowest BCUT2D eigenvalue weighted by Crippen LogP contribution is -2.41. The van der Waals surface area contributed by atoms with Crippen LogP contribution in [0.25, 0.3) is 5.69 Å². The van der Waals surface area contributed by atoms with E-state index in [0.717, 1.165) is 5.69 Å². The lowest BCUT2D eigenvalue weighted by molar-refractivity contribution is 0.124. The molecule has 0 saturated carbocycles. The van der Waals surface area contributed by atoms with E-state index >= 15 is 0 Å². The summed E-state index contributed by atoms with van der Waals surface area (Å²) in [4.78, 5) is 8.45. The number of methoxy groups -OCH3 is 1. The maximum absolute atomic E-state index is 12.9. The highest BCUT2D eigenvalue weighted by atomic mass is 32.2. The van der Waals surface area contributed by atoms with Crippen LogP contribution in [0.2, 0.25) is 0 Å². The van der Waals surface area contributed by atoms with E-state index in [-0.39, 0.29) is 17.0 Å². The predicted octanol–water partition coefficient (Wildman–Crippen LogP) is 1.90. The van der Waals surface area contributed by atoms with Gasteiger partial charge in [-0.3, -0.25) is 0 Å². The molecule has 0 aliphatic carbocycles. The molecule has 1 saturated heterocycles. The summed E-state index contributed by atoms with van der Waals surface area (Å²) in [7, 11) is -2.01. The molecule has 3 aromatic rings. The summed E-state index contributed by atoms with van der Waals surface area (Å²) >= 11 is 0. The van der Waals surface area contributed by atoms with E-state index in [1.807, 2.05) is 6.07 Å². The Morgan fingerprint density at radius 2 is 1.76 bits per heavy atom. The molecule has 0 radical (unpaired) electrons. The van der Waals surface area contributed by atoms with E-state index < -0.39 is 10.0 Å². The molecule has 1 aliphatic heterocycles. The maximum Gasteiger partial charge on any atom is 0.316 e. The number of piperidine rings is 1. The number of rotatable bonds is 6. The standard InChI is InChI=1S/C19H21N5O4S/c1-27-17-13-20-19(21-14-17)28-16-7-11-23(12-8-16)29(25,26)18-5-3-15(4-6-18)24-10-2-9-22-24/h2-6,9-10,13-14,16H,7-8,11-12H2,1H3. The molecule has 3 heterocycles. The Balaban J connectivity index is 1.38. The molecule has 0 bridgehead atoms. The minimum Gasteiger partial charge on any atom is -0.494 e. The van der Waals surface area contributed by atoms with Gasteiger partial charge < -0.3 is 9.47 Å². The SMILES string of the molecule is COc1cnc(OC2CCN(S(=O)(=O)c3ccc(-n4cccn4)cc3)CC2)nc1. The third-order valence-electron chi connectivity index (χ3n) is 4.76. The van der Waals surface area contributed by atoms with Crippen LogP contribution in [-0.2, 0) is 10.0 Å². The second-order valence-corrected chi connectivity index (χ2v) is 8.51. The van der Waals surface area contributed by atoms with Crippen LogP contribution in [0.4, 0.5) is 0 Å². The largest absolute Gasteiger partial charge is 0.494 e. The molecule has 0 spiro atoms. The van der Waals surface area contributed by atoms with E-state index in [2.05, 4.69) is 15.1 Å². The van der Waals surface area contributed by atoms with Crippen molar-refractivity contribution in [3.05, 3.63) is 55.1 Å². The van der Waals surface area contributed by atoms with Crippen LogP contribution >= 0.6 is 0 Å². The highest BCUT2D eigenvalue weighted by Crippen LogP contribution is 2.23. The summed E-state index contributed by atoms with van der Waals surface area (Å²) in [5, 5.41) is 4.15. The molecule has 29 heavy (non-hydrogen) atoms. The lowest BCUT2D eigenvalue weighted by Gasteiger charge is -2.30. The molecular formula is C19H21N5O4S. The average molecular weight is 415 g/mol. The Hall–Kier alpha value is -2.98. The van der Waals surface area contributed by atoms with Crippen LogP contribution in [-0.4, -0.2) is 58.8 Å². The van der Waals surface area contributed by atoms with E-state index in [1.54, 1.807) is 48.5 Å². The van der Waals surface area contributed by atoms with Crippen LogP contribution in [0.15, 0.2) is 60.0 Å². The lowest BCUT2D eigenvalue weighted by atomic mass is 10.1. The molecule has 1 aliphatic rings. The smallest absolute Gasteiger partial charge is 0.316 e. The molecule has 2 aromatic heterocycles. The summed E-state index contributed by atoms with van der Waals surface area (Å²) in [6.07, 6.45) is 7.57. The minimum atomic E-state index is -3.55. The summed E-state index contributed by atoms with van der Waals surface area (Å²) in [5.41, 5.74) is 0.806. The van der Waals surface area contributed by atoms with Gasteiger partial charge in [0.05, 0.1) is 30.1 Å². The van der Waals surface area contributed by atoms with Crippen LogP contribution in [0.5, 0.6) is 11.8 Å². The van der Waals surface area contributed by atoms with Gasteiger partial charge in [0.25, 0.3) is 0 Å². The number of benzene rings is 1. The van der Waals surface area contributed by atoms with Crippen LogP contribution in [0.3, 0.4) is 0 Å². The van der Waals surface area contributed by atoms with Gasteiger partial charge >= 0.3 is 6.01 Å². The van der Waals surface area contributed by atoms with Gasteiger partial charge in [-0.2, -0.15) is 19.4 Å². The van der Waals surface area contributed by atoms with Gasteiger partial charge in [0, 0.05) is 25.5 Å². The summed E-state index contributed by atoms with van der Waals surface area (Å²) < 4.78 is 39.9. The van der Waals surface area contributed by atoms with Crippen LogP contribution in [0.1, 0.15) is 12.8 Å². The number of hydrogen-bond acceptors (Lipinski definition) is 7. The zero-order chi connectivity index (χ0) is 20.3. The number of nitrogens with zero attached hydrogens (tertiary/aromatic N) is 5. The Morgan fingerprint density at radius 1 is 1.07 bits per heavy atom. The van der Waals surface area contributed by atoms with Gasteiger partial charge in [-0.1, -0.05) is 0 Å². The van der Waals surface area contributed by atoms with Gasteiger partial charge in [0.15, 0.2) is 5.75 Å². The van der Waals surface area contributed by atoms with Crippen molar-refractivity contribution in [3.63, 3.8) is 0 Å². The third kappa shape index (κ3) is 4.22. The van der Waals surface area contributed by atoms with Gasteiger partial charge in [0.2, 0.25) is 10.0 Å². The van der Waals surface area contributed by atoms with Crippen molar-refractivity contribution in [1.29, 1.82) is 0 Å². The van der Waals surface area contributed by atoms with E-state index in [9.17, 15) is 8.42 Å². The Kier molecular flexibility index (Phi) is 5.45. The maximum atomic E-state index is 12.9. The molecule has 4 rings (SSSR count). The van der Waals surface area contributed by atoms with Gasteiger partial charge in [-0.15, -0.1) is 0 Å². The fraction of sp³-hybridized carbons (Fsp3) is 0.316. The highest BCUT2D eigenvalue weighted by Gasteiger charge is 2.30. The van der Waals surface area contributed by atoms with Crippen LogP contribution < -0.4 is 9.47 Å². The normalized spacial score (nSPS) is 15.9. The first-order valence-electron chi connectivity index (χ1n) is 9.19. The van der Waals surface area contributed by atoms with Crippen molar-refractivity contribution in [2.45, 2.75) is 23.8 Å². The fourth-order valence-corrected chi connectivity index (χ4v) is 4.62. The number of sulfonamides is 1. The predicted molar refractivity (Wildman–Crippen MR) is 105 cm³/mol. The minimum absolute atomic E-state index is 0.128. The molecule has 1 fully saturated rings. The molecule has 0 unspecified atom stereocenters. The fourth-order valence-electron chi connectivity index (χ4n) is 3.15. The first-order valence-corrected chi connectivity index (χ1v) is 10.6. The van der Waals surface area contributed by atoms with E-state index in [0.29, 0.717) is 31.7 Å². The topological polar surface area (TPSA) is 99.4 Å². The van der Waals surface area contributed by atoms with Gasteiger partial charge in [-0.25, -0.2) is 13.1 Å².